The van der Waals surface area contributed by atoms with Gasteiger partial charge in [0, 0.05) is 42.2 Å². The molecule has 1 saturated heterocycles. The molecule has 1 aromatic heterocycles. The van der Waals surface area contributed by atoms with Crippen molar-refractivity contribution in [3.8, 4) is 0 Å². The predicted molar refractivity (Wildman–Crippen MR) is 157 cm³/mol. The Hall–Kier alpha value is -2.27. The number of amides is 1. The number of anilines is 1. The van der Waals surface area contributed by atoms with Gasteiger partial charge in [0.25, 0.3) is 5.91 Å². The number of thiophene rings is 1. The highest BCUT2D eigenvalue weighted by Crippen LogP contribution is 2.53. The summed E-state index contributed by atoms with van der Waals surface area (Å²) >= 11 is 1.42. The van der Waals surface area contributed by atoms with Gasteiger partial charge in [-0.1, -0.05) is 20.8 Å². The van der Waals surface area contributed by atoms with Crippen LogP contribution in [-0.4, -0.2) is 61.3 Å². The first-order chi connectivity index (χ1) is 18.7. The summed E-state index contributed by atoms with van der Waals surface area (Å²) < 4.78 is 34.3. The molecule has 8 nitrogen and oxygen atoms in total. The van der Waals surface area contributed by atoms with E-state index in [0.717, 1.165) is 42.8 Å². The zero-order valence-electron chi connectivity index (χ0n) is 24.4. The minimum atomic E-state index is -3.68. The lowest BCUT2D eigenvalue weighted by Crippen LogP contribution is -2.37. The average molecular weight is 588 g/mol. The predicted octanol–water partition coefficient (Wildman–Crippen LogP) is 5.53. The number of rotatable bonds is 7. The number of hydrogen-bond donors (Lipinski definition) is 1. The third-order valence-corrected chi connectivity index (χ3v) is 11.7. The molecule has 2 unspecified atom stereocenters. The average Bonchev–Trinajstić information content (AvgIpc) is 3.36. The Labute approximate surface area is 242 Å². The lowest BCUT2D eigenvalue weighted by atomic mass is 9.65. The Balaban J connectivity index is 1.36. The van der Waals surface area contributed by atoms with Gasteiger partial charge in [-0.15, -0.1) is 11.3 Å². The van der Waals surface area contributed by atoms with E-state index in [2.05, 4.69) is 44.8 Å². The molecule has 3 aliphatic rings. The normalized spacial score (nSPS) is 24.6. The lowest BCUT2D eigenvalue weighted by molar-refractivity contribution is 0.0526. The van der Waals surface area contributed by atoms with Crippen LogP contribution in [0.15, 0.2) is 29.2 Å². The fourth-order valence-electron chi connectivity index (χ4n) is 7.15. The summed E-state index contributed by atoms with van der Waals surface area (Å²) in [7, 11) is -3.68. The molecule has 40 heavy (non-hydrogen) atoms. The van der Waals surface area contributed by atoms with Crippen LogP contribution in [0.5, 0.6) is 0 Å². The molecule has 1 aliphatic carbocycles. The van der Waals surface area contributed by atoms with Crippen LogP contribution in [0.3, 0.4) is 0 Å². The summed E-state index contributed by atoms with van der Waals surface area (Å²) in [5.74, 6) is -0.817. The molecule has 2 bridgehead atoms. The van der Waals surface area contributed by atoms with E-state index in [4.69, 9.17) is 4.74 Å². The zero-order chi connectivity index (χ0) is 29.0. The molecule has 2 fully saturated rings. The third kappa shape index (κ3) is 5.47. The number of hydrogen-bond acceptors (Lipinski definition) is 7. The first kappa shape index (κ1) is 29.2. The Bertz CT molecular complexity index is 1410. The molecule has 218 valence electrons. The van der Waals surface area contributed by atoms with E-state index < -0.39 is 16.0 Å². The fraction of sp³-hybridized carbons (Fsp3) is 0.600. The van der Waals surface area contributed by atoms with Crippen molar-refractivity contribution in [1.29, 1.82) is 0 Å². The molecule has 2 aliphatic heterocycles. The molecule has 0 radical (unpaired) electrons. The largest absolute Gasteiger partial charge is 0.462 e. The number of sulfonamides is 1. The molecule has 0 spiro atoms. The fourth-order valence-corrected chi connectivity index (χ4v) is 10.2. The number of ether oxygens (including phenoxy) is 1. The van der Waals surface area contributed by atoms with Crippen molar-refractivity contribution in [2.45, 2.75) is 90.7 Å². The molecule has 1 N–H and O–H groups in total. The van der Waals surface area contributed by atoms with Crippen molar-refractivity contribution in [3.05, 3.63) is 45.8 Å². The van der Waals surface area contributed by atoms with Crippen LogP contribution >= 0.6 is 11.3 Å². The number of benzene rings is 1. The first-order valence-electron chi connectivity index (χ1n) is 14.2. The van der Waals surface area contributed by atoms with Gasteiger partial charge in [0.1, 0.15) is 5.00 Å². The summed E-state index contributed by atoms with van der Waals surface area (Å²) in [6.07, 6.45) is 3.47. The molecule has 2 aromatic rings. The number of carbonyl (C=O) groups excluding carboxylic acids is 2. The van der Waals surface area contributed by atoms with Crippen LogP contribution in [0, 0.1) is 10.8 Å². The minimum absolute atomic E-state index is 0.000459. The maximum absolute atomic E-state index is 13.6. The lowest BCUT2D eigenvalue weighted by Gasteiger charge is -2.39. The molecular weight excluding hydrogens is 546 g/mol. The summed E-state index contributed by atoms with van der Waals surface area (Å²) in [5, 5.41) is 3.41. The van der Waals surface area contributed by atoms with Gasteiger partial charge in [0.2, 0.25) is 10.0 Å². The number of esters is 1. The first-order valence-corrected chi connectivity index (χ1v) is 16.5. The molecule has 2 atom stereocenters. The van der Waals surface area contributed by atoms with Crippen LogP contribution in [-0.2, 0) is 27.7 Å². The molecule has 1 saturated carbocycles. The number of nitrogens with one attached hydrogen (secondary N) is 1. The van der Waals surface area contributed by atoms with Crippen LogP contribution in [0.1, 0.15) is 92.0 Å². The van der Waals surface area contributed by atoms with E-state index >= 15 is 0 Å². The van der Waals surface area contributed by atoms with E-state index in [0.29, 0.717) is 35.1 Å². The highest BCUT2D eigenvalue weighted by atomic mass is 32.2. The smallest absolute Gasteiger partial charge is 0.341 e. The molecule has 1 aromatic carbocycles. The van der Waals surface area contributed by atoms with Gasteiger partial charge in [-0.2, -0.15) is 4.31 Å². The molecule has 3 heterocycles. The van der Waals surface area contributed by atoms with Gasteiger partial charge in [-0.3, -0.25) is 9.69 Å². The summed E-state index contributed by atoms with van der Waals surface area (Å²) in [6, 6.07) is 6.52. The molecule has 5 rings (SSSR count). The van der Waals surface area contributed by atoms with Crippen LogP contribution < -0.4 is 5.32 Å². The summed E-state index contributed by atoms with van der Waals surface area (Å²) in [5.41, 5.74) is 1.82. The van der Waals surface area contributed by atoms with E-state index in [1.807, 2.05) is 0 Å². The van der Waals surface area contributed by atoms with Crippen molar-refractivity contribution in [1.82, 2.24) is 9.21 Å². The van der Waals surface area contributed by atoms with Crippen LogP contribution in [0.2, 0.25) is 0 Å². The van der Waals surface area contributed by atoms with Crippen LogP contribution in [0.25, 0.3) is 0 Å². The standard InChI is InChI=1S/C30H41N3O5S2/c1-7-38-28(35)25-23-12-13-32(19(2)3)16-24(23)39-27(25)31-26(34)20-8-10-22(11-9-20)40(36,37)33-18-30(6)15-21(33)14-29(4,5)17-30/h8-11,19,21H,7,12-18H2,1-6H3,(H,31,34). The quantitative estimate of drug-likeness (QED) is 0.428. The topological polar surface area (TPSA) is 96.0 Å². The van der Waals surface area contributed by atoms with Gasteiger partial charge < -0.3 is 10.1 Å². The van der Waals surface area contributed by atoms with E-state index in [1.165, 1.54) is 23.5 Å². The van der Waals surface area contributed by atoms with Gasteiger partial charge in [0.05, 0.1) is 17.1 Å². The zero-order valence-corrected chi connectivity index (χ0v) is 26.0. The highest BCUT2D eigenvalue weighted by molar-refractivity contribution is 7.89. The monoisotopic (exact) mass is 587 g/mol. The Morgan fingerprint density at radius 3 is 2.50 bits per heavy atom. The second-order valence-corrected chi connectivity index (χ2v) is 16.0. The van der Waals surface area contributed by atoms with Crippen LogP contribution in [0.4, 0.5) is 5.00 Å². The Kier molecular flexibility index (Phi) is 7.70. The molecule has 10 heteroatoms. The van der Waals surface area contributed by atoms with E-state index in [9.17, 15) is 18.0 Å². The van der Waals surface area contributed by atoms with Gasteiger partial charge >= 0.3 is 5.97 Å². The summed E-state index contributed by atoms with van der Waals surface area (Å²) in [6.45, 7) is 15.0. The third-order valence-electron chi connectivity index (χ3n) is 8.61. The van der Waals surface area contributed by atoms with Crippen molar-refractivity contribution < 1.29 is 22.7 Å². The number of carbonyl (C=O) groups is 2. The summed E-state index contributed by atoms with van der Waals surface area (Å²) in [4.78, 5) is 29.8. The highest BCUT2D eigenvalue weighted by Gasteiger charge is 2.53. The Morgan fingerprint density at radius 1 is 1.15 bits per heavy atom. The SMILES string of the molecule is CCOC(=O)c1c(NC(=O)c2ccc(S(=O)(=O)N3CC4(C)CC3CC(C)(C)C4)cc2)sc2c1CCN(C(C)C)C2. The van der Waals surface area contributed by atoms with E-state index in [1.54, 1.807) is 23.4 Å². The number of fused-ring (bicyclic) bond motifs is 3. The molecular formula is C30H41N3O5S2. The second-order valence-electron chi connectivity index (χ2n) is 13.0. The maximum atomic E-state index is 13.6. The van der Waals surface area contributed by atoms with Crippen molar-refractivity contribution in [2.75, 3.05) is 25.0 Å². The maximum Gasteiger partial charge on any atom is 0.341 e. The van der Waals surface area contributed by atoms with Crippen molar-refractivity contribution >= 4 is 38.2 Å². The van der Waals surface area contributed by atoms with Crippen molar-refractivity contribution in [3.63, 3.8) is 0 Å². The van der Waals surface area contributed by atoms with Gasteiger partial charge in [-0.25, -0.2) is 13.2 Å². The van der Waals surface area contributed by atoms with Crippen molar-refractivity contribution in [2.24, 2.45) is 10.8 Å². The van der Waals surface area contributed by atoms with Gasteiger partial charge in [-0.05, 0) is 87.1 Å². The van der Waals surface area contributed by atoms with E-state index in [-0.39, 0.29) is 34.3 Å². The van der Waals surface area contributed by atoms with Gasteiger partial charge in [0.15, 0.2) is 0 Å². The Morgan fingerprint density at radius 2 is 1.85 bits per heavy atom. The second kappa shape index (κ2) is 10.5. The number of nitrogens with zero attached hydrogens (tertiary/aromatic N) is 2. The molecule has 1 amide bonds. The minimum Gasteiger partial charge on any atom is -0.462 e.